The van der Waals surface area contributed by atoms with Crippen LogP contribution >= 0.6 is 0 Å². The second-order valence-corrected chi connectivity index (χ2v) is 7.14. The molecule has 1 aromatic rings. The summed E-state index contributed by atoms with van der Waals surface area (Å²) in [6.45, 7) is 4.72. The Morgan fingerprint density at radius 2 is 1.84 bits per heavy atom. The number of benzene rings is 1. The van der Waals surface area contributed by atoms with Gasteiger partial charge in [0.25, 0.3) is 0 Å². The average Bonchev–Trinajstić information content (AvgIpc) is 3.13. The molecule has 2 atom stereocenters. The highest BCUT2D eigenvalue weighted by atomic mass is 19.1. The molecule has 0 amide bonds. The lowest BCUT2D eigenvalue weighted by molar-refractivity contribution is 0.344. The summed E-state index contributed by atoms with van der Waals surface area (Å²) in [6, 6.07) is 8.14. The van der Waals surface area contributed by atoms with E-state index in [1.807, 2.05) is 12.1 Å². The molecule has 1 nitrogen and oxygen atoms in total. The lowest BCUT2D eigenvalue weighted by Gasteiger charge is -2.25. The monoisotopic (exact) mass is 261 g/mol. The lowest BCUT2D eigenvalue weighted by Crippen LogP contribution is -2.32. The standard InChI is InChI=1S/C17H24FN/c1-17(2)10-9-15(11-17)19-16(12-3-4-12)13-5-7-14(18)8-6-13/h5-8,12,15-16,19H,3-4,9-11H2,1-2H3. The molecule has 0 spiro atoms. The first-order valence-electron chi connectivity index (χ1n) is 7.55. The van der Waals surface area contributed by atoms with Crippen LogP contribution in [0.3, 0.4) is 0 Å². The van der Waals surface area contributed by atoms with Crippen LogP contribution in [0, 0.1) is 17.2 Å². The molecule has 2 aliphatic rings. The molecule has 2 fully saturated rings. The summed E-state index contributed by atoms with van der Waals surface area (Å²) >= 11 is 0. The first-order chi connectivity index (χ1) is 9.03. The van der Waals surface area contributed by atoms with Crippen molar-refractivity contribution < 1.29 is 4.39 Å². The molecule has 1 N–H and O–H groups in total. The molecule has 1 aromatic carbocycles. The number of hydrogen-bond donors (Lipinski definition) is 1. The second-order valence-electron chi connectivity index (χ2n) is 7.14. The molecule has 0 aromatic heterocycles. The van der Waals surface area contributed by atoms with Gasteiger partial charge in [-0.3, -0.25) is 0 Å². The van der Waals surface area contributed by atoms with Gasteiger partial charge in [0.2, 0.25) is 0 Å². The van der Waals surface area contributed by atoms with E-state index in [4.69, 9.17) is 0 Å². The zero-order chi connectivity index (χ0) is 13.5. The Bertz CT molecular complexity index is 433. The smallest absolute Gasteiger partial charge is 0.123 e. The van der Waals surface area contributed by atoms with Gasteiger partial charge in [-0.05, 0) is 61.1 Å². The molecule has 2 unspecified atom stereocenters. The van der Waals surface area contributed by atoms with Crippen LogP contribution in [0.15, 0.2) is 24.3 Å². The van der Waals surface area contributed by atoms with E-state index >= 15 is 0 Å². The van der Waals surface area contributed by atoms with Crippen LogP contribution in [-0.2, 0) is 0 Å². The van der Waals surface area contributed by atoms with E-state index in [1.54, 1.807) is 12.1 Å². The van der Waals surface area contributed by atoms with E-state index in [0.29, 0.717) is 17.5 Å². The fourth-order valence-corrected chi connectivity index (χ4v) is 3.44. The summed E-state index contributed by atoms with van der Waals surface area (Å²) in [5, 5.41) is 3.85. The fourth-order valence-electron chi connectivity index (χ4n) is 3.44. The van der Waals surface area contributed by atoms with Crippen molar-refractivity contribution in [1.29, 1.82) is 0 Å². The summed E-state index contributed by atoms with van der Waals surface area (Å²) in [5.41, 5.74) is 1.74. The normalized spacial score (nSPS) is 27.4. The van der Waals surface area contributed by atoms with Gasteiger partial charge in [0.05, 0.1) is 0 Å². The molecule has 0 bridgehead atoms. The summed E-state index contributed by atoms with van der Waals surface area (Å²) in [4.78, 5) is 0. The van der Waals surface area contributed by atoms with E-state index < -0.39 is 0 Å². The quantitative estimate of drug-likeness (QED) is 0.844. The van der Waals surface area contributed by atoms with Crippen LogP contribution < -0.4 is 5.32 Å². The molecule has 2 saturated carbocycles. The Morgan fingerprint density at radius 1 is 1.16 bits per heavy atom. The summed E-state index contributed by atoms with van der Waals surface area (Å²) in [7, 11) is 0. The predicted octanol–water partition coefficient (Wildman–Crippen LogP) is 4.45. The minimum absolute atomic E-state index is 0.139. The van der Waals surface area contributed by atoms with Gasteiger partial charge in [-0.2, -0.15) is 0 Å². The Hall–Kier alpha value is -0.890. The van der Waals surface area contributed by atoms with Crippen LogP contribution in [0.5, 0.6) is 0 Å². The van der Waals surface area contributed by atoms with Crippen LogP contribution in [0.25, 0.3) is 0 Å². The van der Waals surface area contributed by atoms with Crippen LogP contribution in [-0.4, -0.2) is 6.04 Å². The van der Waals surface area contributed by atoms with Crippen molar-refractivity contribution in [2.45, 2.75) is 58.0 Å². The predicted molar refractivity (Wildman–Crippen MR) is 76.4 cm³/mol. The molecule has 2 heteroatoms. The topological polar surface area (TPSA) is 12.0 Å². The average molecular weight is 261 g/mol. The summed E-state index contributed by atoms with van der Waals surface area (Å²) in [6.07, 6.45) is 6.47. The first-order valence-corrected chi connectivity index (χ1v) is 7.55. The SMILES string of the molecule is CC1(C)CCC(NC(c2ccc(F)cc2)C2CC2)C1. The molecule has 0 saturated heterocycles. The molecule has 0 aliphatic heterocycles. The molecule has 19 heavy (non-hydrogen) atoms. The van der Waals surface area contributed by atoms with Gasteiger partial charge in [-0.1, -0.05) is 26.0 Å². The Balaban J connectivity index is 1.70. The molecule has 0 heterocycles. The van der Waals surface area contributed by atoms with Crippen molar-refractivity contribution in [3.05, 3.63) is 35.6 Å². The van der Waals surface area contributed by atoms with E-state index in [1.165, 1.54) is 37.7 Å². The van der Waals surface area contributed by atoms with E-state index in [9.17, 15) is 4.39 Å². The maximum Gasteiger partial charge on any atom is 0.123 e. The molecular weight excluding hydrogens is 237 g/mol. The Kier molecular flexibility index (Phi) is 3.38. The van der Waals surface area contributed by atoms with Gasteiger partial charge in [0.15, 0.2) is 0 Å². The van der Waals surface area contributed by atoms with Gasteiger partial charge in [-0.15, -0.1) is 0 Å². The van der Waals surface area contributed by atoms with Crippen LogP contribution in [0.4, 0.5) is 4.39 Å². The first kappa shape index (κ1) is 13.1. The molecule has 2 aliphatic carbocycles. The van der Waals surface area contributed by atoms with Gasteiger partial charge >= 0.3 is 0 Å². The van der Waals surface area contributed by atoms with Crippen molar-refractivity contribution in [3.8, 4) is 0 Å². The minimum atomic E-state index is -0.139. The zero-order valence-corrected chi connectivity index (χ0v) is 12.0. The summed E-state index contributed by atoms with van der Waals surface area (Å²) < 4.78 is 13.1. The van der Waals surface area contributed by atoms with Gasteiger partial charge in [0.1, 0.15) is 5.82 Å². The third-order valence-corrected chi connectivity index (χ3v) is 4.71. The van der Waals surface area contributed by atoms with Crippen molar-refractivity contribution in [3.63, 3.8) is 0 Å². The number of hydrogen-bond acceptors (Lipinski definition) is 1. The second kappa shape index (κ2) is 4.90. The largest absolute Gasteiger partial charge is 0.307 e. The lowest BCUT2D eigenvalue weighted by atomic mass is 9.91. The van der Waals surface area contributed by atoms with Crippen molar-refractivity contribution >= 4 is 0 Å². The maximum atomic E-state index is 13.1. The number of rotatable bonds is 4. The molecule has 0 radical (unpaired) electrons. The van der Waals surface area contributed by atoms with Crippen molar-refractivity contribution in [1.82, 2.24) is 5.32 Å². The molecular formula is C17H24FN. The zero-order valence-electron chi connectivity index (χ0n) is 12.0. The van der Waals surface area contributed by atoms with Crippen molar-refractivity contribution in [2.24, 2.45) is 11.3 Å². The summed E-state index contributed by atoms with van der Waals surface area (Å²) in [5.74, 6) is 0.620. The molecule has 104 valence electrons. The highest BCUT2D eigenvalue weighted by molar-refractivity contribution is 5.22. The Morgan fingerprint density at radius 3 is 2.37 bits per heavy atom. The van der Waals surface area contributed by atoms with Crippen LogP contribution in [0.1, 0.15) is 57.6 Å². The third-order valence-electron chi connectivity index (χ3n) is 4.71. The van der Waals surface area contributed by atoms with Gasteiger partial charge < -0.3 is 5.32 Å². The van der Waals surface area contributed by atoms with Gasteiger partial charge in [-0.25, -0.2) is 4.39 Å². The molecule has 3 rings (SSSR count). The number of halogens is 1. The van der Waals surface area contributed by atoms with E-state index in [-0.39, 0.29) is 5.82 Å². The van der Waals surface area contributed by atoms with E-state index in [2.05, 4.69) is 19.2 Å². The maximum absolute atomic E-state index is 13.1. The van der Waals surface area contributed by atoms with E-state index in [0.717, 1.165) is 5.92 Å². The third kappa shape index (κ3) is 3.17. The highest BCUT2D eigenvalue weighted by Gasteiger charge is 2.37. The Labute approximate surface area is 115 Å². The minimum Gasteiger partial charge on any atom is -0.307 e. The fraction of sp³-hybridized carbons (Fsp3) is 0.647. The van der Waals surface area contributed by atoms with Crippen LogP contribution in [0.2, 0.25) is 0 Å². The van der Waals surface area contributed by atoms with Gasteiger partial charge in [0, 0.05) is 12.1 Å². The number of nitrogens with one attached hydrogen (secondary N) is 1. The highest BCUT2D eigenvalue weighted by Crippen LogP contribution is 2.44. The van der Waals surface area contributed by atoms with Crippen molar-refractivity contribution in [2.75, 3.05) is 0 Å².